The number of nitrogens with zero attached hydrogens (tertiary/aromatic N) is 2. The summed E-state index contributed by atoms with van der Waals surface area (Å²) in [4.78, 5) is 24.9. The van der Waals surface area contributed by atoms with E-state index in [0.717, 1.165) is 11.1 Å². The highest BCUT2D eigenvalue weighted by Gasteiger charge is 2.16. The molecule has 5 nitrogen and oxygen atoms in total. The van der Waals surface area contributed by atoms with Crippen molar-refractivity contribution < 1.29 is 4.79 Å². The van der Waals surface area contributed by atoms with Crippen LogP contribution in [0.1, 0.15) is 35.5 Å². The van der Waals surface area contributed by atoms with Crippen molar-refractivity contribution in [1.82, 2.24) is 15.1 Å². The van der Waals surface area contributed by atoms with Crippen LogP contribution in [0, 0.1) is 6.92 Å². The number of carbonyl (C=O) groups is 1. The van der Waals surface area contributed by atoms with Gasteiger partial charge in [0.1, 0.15) is 0 Å². The van der Waals surface area contributed by atoms with Crippen molar-refractivity contribution in [2.45, 2.75) is 27.3 Å². The first-order chi connectivity index (χ1) is 12.5. The number of hydrogen-bond acceptors (Lipinski definition) is 3. The smallest absolute Gasteiger partial charge is 0.276 e. The van der Waals surface area contributed by atoms with Crippen molar-refractivity contribution in [3.63, 3.8) is 0 Å². The molecule has 0 atom stereocenters. The summed E-state index contributed by atoms with van der Waals surface area (Å²) in [6.07, 6.45) is 0. The Morgan fingerprint density at radius 3 is 2.46 bits per heavy atom. The summed E-state index contributed by atoms with van der Waals surface area (Å²) in [6, 6.07) is 12.6. The van der Waals surface area contributed by atoms with Gasteiger partial charge in [0, 0.05) is 18.6 Å². The van der Waals surface area contributed by atoms with E-state index in [1.54, 1.807) is 29.9 Å². The Balaban J connectivity index is 0.00000117. The number of carbonyl (C=O) groups excluding carboxylic acids is 1. The molecule has 0 aliphatic heterocycles. The molecule has 6 heteroatoms. The zero-order valence-corrected chi connectivity index (χ0v) is 16.1. The molecular weight excluding hydrogens is 350 g/mol. The van der Waals surface area contributed by atoms with Gasteiger partial charge >= 0.3 is 0 Å². The van der Waals surface area contributed by atoms with E-state index in [4.69, 9.17) is 11.6 Å². The largest absolute Gasteiger partial charge is 0.346 e. The number of hydrogen-bond donors (Lipinski definition) is 1. The zero-order valence-electron chi connectivity index (χ0n) is 15.3. The molecule has 136 valence electrons. The summed E-state index contributed by atoms with van der Waals surface area (Å²) < 4.78 is 1.55. The normalized spacial score (nSPS) is 10.2. The van der Waals surface area contributed by atoms with Gasteiger partial charge in [0.25, 0.3) is 5.91 Å². The van der Waals surface area contributed by atoms with Crippen LogP contribution in [0.2, 0.25) is 5.02 Å². The maximum Gasteiger partial charge on any atom is 0.276 e. The number of fused-ring (bicyclic) bond motifs is 1. The van der Waals surface area contributed by atoms with Gasteiger partial charge in [0.15, 0.2) is 5.69 Å². The first-order valence-corrected chi connectivity index (χ1v) is 8.84. The minimum Gasteiger partial charge on any atom is -0.346 e. The van der Waals surface area contributed by atoms with Crippen LogP contribution in [0.3, 0.4) is 0 Å². The lowest BCUT2D eigenvalue weighted by atomic mass is 10.1. The van der Waals surface area contributed by atoms with Gasteiger partial charge in [-0.2, -0.15) is 5.10 Å². The Kier molecular flexibility index (Phi) is 6.52. The van der Waals surface area contributed by atoms with E-state index < -0.39 is 5.91 Å². The van der Waals surface area contributed by atoms with Gasteiger partial charge in [-0.1, -0.05) is 49.2 Å². The lowest BCUT2D eigenvalue weighted by molar-refractivity contribution is 0.0943. The van der Waals surface area contributed by atoms with Gasteiger partial charge in [-0.3, -0.25) is 14.3 Å². The highest BCUT2D eigenvalue weighted by atomic mass is 35.5. The van der Waals surface area contributed by atoms with E-state index in [0.29, 0.717) is 22.5 Å². The molecule has 0 unspecified atom stereocenters. The maximum atomic E-state index is 12.6. The molecule has 1 aromatic heterocycles. The first kappa shape index (κ1) is 19.7. The zero-order chi connectivity index (χ0) is 19.3. The summed E-state index contributed by atoms with van der Waals surface area (Å²) in [5, 5.41) is 7.97. The van der Waals surface area contributed by atoms with Gasteiger partial charge < -0.3 is 5.32 Å². The van der Waals surface area contributed by atoms with E-state index in [1.165, 1.54) is 0 Å². The average molecular weight is 372 g/mol. The molecule has 0 saturated heterocycles. The standard InChI is InChI=1S/C18H16ClN3O2.C2H6/c1-11-3-8-15-14(9-11)17(23)16(21-22(15)2)18(24)20-10-12-4-6-13(19)7-5-12;1-2/h3-9H,10H2,1-2H3,(H,20,24);1-2H3. The second-order valence-corrected chi connectivity index (χ2v) is 6.07. The number of rotatable bonds is 3. The van der Waals surface area contributed by atoms with Crippen molar-refractivity contribution in [1.29, 1.82) is 0 Å². The second kappa shape index (κ2) is 8.63. The van der Waals surface area contributed by atoms with Gasteiger partial charge in [0.2, 0.25) is 5.43 Å². The number of amides is 1. The molecule has 0 bridgehead atoms. The molecule has 0 aliphatic carbocycles. The summed E-state index contributed by atoms with van der Waals surface area (Å²) >= 11 is 5.84. The Labute approximate surface area is 157 Å². The Bertz CT molecular complexity index is 979. The third-order valence-electron chi connectivity index (χ3n) is 3.79. The van der Waals surface area contributed by atoms with E-state index >= 15 is 0 Å². The molecule has 3 aromatic rings. The number of aryl methyl sites for hydroxylation is 2. The maximum absolute atomic E-state index is 12.6. The van der Waals surface area contributed by atoms with Crippen molar-refractivity contribution in [3.8, 4) is 0 Å². The molecular formula is C20H22ClN3O2. The fourth-order valence-corrected chi connectivity index (χ4v) is 2.63. The molecule has 0 aliphatic rings. The third kappa shape index (κ3) is 4.29. The summed E-state index contributed by atoms with van der Waals surface area (Å²) in [6.45, 7) is 6.20. The summed E-state index contributed by atoms with van der Waals surface area (Å²) in [7, 11) is 1.72. The topological polar surface area (TPSA) is 64.0 Å². The van der Waals surface area contributed by atoms with Crippen LogP contribution >= 0.6 is 11.6 Å². The number of aromatic nitrogens is 2. The van der Waals surface area contributed by atoms with Crippen LogP contribution in [0.15, 0.2) is 47.3 Å². The summed E-state index contributed by atoms with van der Waals surface area (Å²) in [5.74, 6) is -0.492. The average Bonchev–Trinajstić information content (AvgIpc) is 2.65. The molecule has 1 heterocycles. The minimum absolute atomic E-state index is 0.107. The molecule has 1 amide bonds. The lowest BCUT2D eigenvalue weighted by Gasteiger charge is -2.09. The molecule has 0 fully saturated rings. The Hall–Kier alpha value is -2.66. The van der Waals surface area contributed by atoms with Crippen molar-refractivity contribution in [3.05, 3.63) is 74.5 Å². The highest BCUT2D eigenvalue weighted by molar-refractivity contribution is 6.30. The SMILES string of the molecule is CC.Cc1ccc2c(c1)c(=O)c(C(=O)NCc1ccc(Cl)cc1)nn2C. The molecule has 0 spiro atoms. The van der Waals surface area contributed by atoms with Crippen LogP contribution in [-0.4, -0.2) is 15.7 Å². The quantitative estimate of drug-likeness (QED) is 0.760. The number of benzene rings is 2. The monoisotopic (exact) mass is 371 g/mol. The van der Waals surface area contributed by atoms with Crippen molar-refractivity contribution in [2.24, 2.45) is 7.05 Å². The predicted octanol–water partition coefficient (Wildman–Crippen LogP) is 3.85. The van der Waals surface area contributed by atoms with Crippen LogP contribution in [-0.2, 0) is 13.6 Å². The fourth-order valence-electron chi connectivity index (χ4n) is 2.51. The van der Waals surface area contributed by atoms with E-state index in [9.17, 15) is 9.59 Å². The van der Waals surface area contributed by atoms with E-state index in [-0.39, 0.29) is 11.1 Å². The van der Waals surface area contributed by atoms with Crippen molar-refractivity contribution in [2.75, 3.05) is 0 Å². The molecule has 3 rings (SSSR count). The van der Waals surface area contributed by atoms with Crippen molar-refractivity contribution >= 4 is 28.4 Å². The van der Waals surface area contributed by atoms with Gasteiger partial charge in [-0.25, -0.2) is 0 Å². The molecule has 0 radical (unpaired) electrons. The molecule has 2 aromatic carbocycles. The summed E-state index contributed by atoms with van der Waals surface area (Å²) in [5.41, 5.74) is 2.07. The fraction of sp³-hybridized carbons (Fsp3) is 0.250. The first-order valence-electron chi connectivity index (χ1n) is 8.46. The van der Waals surface area contributed by atoms with Crippen LogP contribution in [0.5, 0.6) is 0 Å². The molecule has 1 N–H and O–H groups in total. The predicted molar refractivity (Wildman–Crippen MR) is 106 cm³/mol. The van der Waals surface area contributed by atoms with E-state index in [2.05, 4.69) is 10.4 Å². The third-order valence-corrected chi connectivity index (χ3v) is 4.04. The van der Waals surface area contributed by atoms with Crippen LogP contribution in [0.25, 0.3) is 10.9 Å². The van der Waals surface area contributed by atoms with Gasteiger partial charge in [-0.05, 0) is 36.8 Å². The number of halogens is 1. The van der Waals surface area contributed by atoms with Crippen LogP contribution in [0.4, 0.5) is 0 Å². The van der Waals surface area contributed by atoms with Gasteiger partial charge in [-0.15, -0.1) is 0 Å². The van der Waals surface area contributed by atoms with Gasteiger partial charge in [0.05, 0.1) is 10.9 Å². The second-order valence-electron chi connectivity index (χ2n) is 5.63. The minimum atomic E-state index is -0.492. The van der Waals surface area contributed by atoms with Crippen LogP contribution < -0.4 is 10.7 Å². The Morgan fingerprint density at radius 1 is 1.15 bits per heavy atom. The Morgan fingerprint density at radius 2 is 1.81 bits per heavy atom. The van der Waals surface area contributed by atoms with E-state index in [1.807, 2.05) is 45.0 Å². The molecule has 26 heavy (non-hydrogen) atoms. The lowest BCUT2D eigenvalue weighted by Crippen LogP contribution is -2.31. The highest BCUT2D eigenvalue weighted by Crippen LogP contribution is 2.12. The number of nitrogens with one attached hydrogen (secondary N) is 1. The molecule has 0 saturated carbocycles.